The highest BCUT2D eigenvalue weighted by Crippen LogP contribution is 2.12. The van der Waals surface area contributed by atoms with Gasteiger partial charge in [0.1, 0.15) is 0 Å². The van der Waals surface area contributed by atoms with Crippen molar-refractivity contribution in [2.24, 2.45) is 0 Å². The van der Waals surface area contributed by atoms with Gasteiger partial charge in [0.25, 0.3) is 0 Å². The molecule has 6 nitrogen and oxygen atoms in total. The predicted molar refractivity (Wildman–Crippen MR) is 102 cm³/mol. The first-order valence-corrected chi connectivity index (χ1v) is 8.49. The summed E-state index contributed by atoms with van der Waals surface area (Å²) in [5.41, 5.74) is 6.53. The van der Waals surface area contributed by atoms with Gasteiger partial charge < -0.3 is 15.4 Å². The zero-order valence-corrected chi connectivity index (χ0v) is 15.0. The van der Waals surface area contributed by atoms with Crippen LogP contribution in [-0.4, -0.2) is 54.5 Å². The van der Waals surface area contributed by atoms with Crippen LogP contribution in [0.3, 0.4) is 0 Å². The Kier molecular flexibility index (Phi) is 7.77. The number of thiocarbonyl (C=S) groups is 2. The Hall–Kier alpha value is -1.19. The molecule has 0 spiro atoms. The third-order valence-corrected chi connectivity index (χ3v) is 3.91. The topological polar surface area (TPSA) is 60.6 Å². The number of hydrogen-bond acceptors (Lipinski definition) is 4. The van der Waals surface area contributed by atoms with Gasteiger partial charge in [0.15, 0.2) is 10.2 Å². The lowest BCUT2D eigenvalue weighted by atomic mass is 10.3. The third-order valence-electron chi connectivity index (χ3n) is 3.21. The van der Waals surface area contributed by atoms with E-state index >= 15 is 0 Å². The quantitative estimate of drug-likeness (QED) is 0.466. The molecule has 0 bridgehead atoms. The molecule has 0 amide bonds. The summed E-state index contributed by atoms with van der Waals surface area (Å²) in [6.07, 6.45) is 0. The number of anilines is 1. The van der Waals surface area contributed by atoms with Crippen molar-refractivity contribution in [3.63, 3.8) is 0 Å². The number of morpholine rings is 1. The van der Waals surface area contributed by atoms with E-state index in [0.717, 1.165) is 45.1 Å². The monoisotopic (exact) mass is 373 g/mol. The van der Waals surface area contributed by atoms with Gasteiger partial charge >= 0.3 is 0 Å². The summed E-state index contributed by atoms with van der Waals surface area (Å²) in [6, 6.07) is 7.26. The smallest absolute Gasteiger partial charge is 0.189 e. The molecule has 1 saturated heterocycles. The Labute approximate surface area is 151 Å². The van der Waals surface area contributed by atoms with Crippen molar-refractivity contribution in [2.75, 3.05) is 44.7 Å². The molecule has 4 N–H and O–H groups in total. The van der Waals surface area contributed by atoms with Gasteiger partial charge in [-0.3, -0.25) is 15.8 Å². The molecule has 1 aliphatic heterocycles. The molecule has 1 aromatic carbocycles. The second-order valence-corrected chi connectivity index (χ2v) is 6.17. The maximum atomic E-state index is 5.83. The molecule has 0 aliphatic carbocycles. The van der Waals surface area contributed by atoms with E-state index in [1.807, 2.05) is 12.1 Å². The number of benzene rings is 1. The highest BCUT2D eigenvalue weighted by atomic mass is 35.5. The van der Waals surface area contributed by atoms with E-state index in [4.69, 9.17) is 40.8 Å². The van der Waals surface area contributed by atoms with Gasteiger partial charge in [0.2, 0.25) is 0 Å². The lowest BCUT2D eigenvalue weighted by Crippen LogP contribution is -2.50. The average molecular weight is 374 g/mol. The number of nitrogens with zero attached hydrogens (tertiary/aromatic N) is 1. The summed E-state index contributed by atoms with van der Waals surface area (Å²) in [6.45, 7) is 5.23. The van der Waals surface area contributed by atoms with E-state index in [1.165, 1.54) is 0 Å². The molecule has 23 heavy (non-hydrogen) atoms. The fourth-order valence-electron chi connectivity index (χ4n) is 2.01. The van der Waals surface area contributed by atoms with Crippen molar-refractivity contribution >= 4 is 51.9 Å². The summed E-state index contributed by atoms with van der Waals surface area (Å²) < 4.78 is 5.31. The molecule has 126 valence electrons. The minimum Gasteiger partial charge on any atom is -0.379 e. The molecule has 1 fully saturated rings. The molecule has 1 aliphatic rings. The zero-order valence-electron chi connectivity index (χ0n) is 12.6. The van der Waals surface area contributed by atoms with Gasteiger partial charge in [-0.15, -0.1) is 0 Å². The van der Waals surface area contributed by atoms with E-state index < -0.39 is 0 Å². The molecular formula is C14H20ClN5OS2. The third kappa shape index (κ3) is 7.28. The Morgan fingerprint density at radius 1 is 1.09 bits per heavy atom. The Morgan fingerprint density at radius 3 is 2.43 bits per heavy atom. The van der Waals surface area contributed by atoms with Gasteiger partial charge in [-0.2, -0.15) is 0 Å². The predicted octanol–water partition coefficient (Wildman–Crippen LogP) is 1.34. The second-order valence-electron chi connectivity index (χ2n) is 4.92. The molecule has 0 radical (unpaired) electrons. The van der Waals surface area contributed by atoms with Crippen LogP contribution in [0.1, 0.15) is 0 Å². The number of rotatable bonds is 4. The van der Waals surface area contributed by atoms with Crippen molar-refractivity contribution in [2.45, 2.75) is 0 Å². The van der Waals surface area contributed by atoms with Crippen LogP contribution in [0, 0.1) is 0 Å². The highest BCUT2D eigenvalue weighted by Gasteiger charge is 2.09. The SMILES string of the molecule is S=C(NCCN1CCOCC1)NNC(=S)Nc1ccc(Cl)cc1. The van der Waals surface area contributed by atoms with Gasteiger partial charge in [-0.25, -0.2) is 0 Å². The second kappa shape index (κ2) is 9.84. The number of hydrogen-bond donors (Lipinski definition) is 4. The molecule has 9 heteroatoms. The van der Waals surface area contributed by atoms with Crippen molar-refractivity contribution in [3.8, 4) is 0 Å². The van der Waals surface area contributed by atoms with E-state index in [1.54, 1.807) is 12.1 Å². The van der Waals surface area contributed by atoms with Crippen molar-refractivity contribution in [1.29, 1.82) is 0 Å². The normalized spacial score (nSPS) is 14.8. The van der Waals surface area contributed by atoms with Crippen LogP contribution >= 0.6 is 36.0 Å². The van der Waals surface area contributed by atoms with Crippen LogP contribution in [0.2, 0.25) is 5.02 Å². The first-order chi connectivity index (χ1) is 11.1. The standard InChI is InChI=1S/C14H20ClN5OS2/c15-11-1-3-12(4-2-11)17-14(23)19-18-13(22)16-5-6-20-7-9-21-10-8-20/h1-4H,5-10H2,(H2,16,18,22)(H2,17,19,23). The van der Waals surface area contributed by atoms with Crippen LogP contribution in [0.25, 0.3) is 0 Å². The summed E-state index contributed by atoms with van der Waals surface area (Å²) in [5, 5.41) is 7.75. The summed E-state index contributed by atoms with van der Waals surface area (Å²) in [7, 11) is 0. The van der Waals surface area contributed by atoms with Gasteiger partial charge in [0.05, 0.1) is 13.2 Å². The van der Waals surface area contributed by atoms with E-state index in [0.29, 0.717) is 15.2 Å². The maximum absolute atomic E-state index is 5.83. The number of ether oxygens (including phenoxy) is 1. The Bertz CT molecular complexity index is 522. The van der Waals surface area contributed by atoms with Crippen LogP contribution in [-0.2, 0) is 4.74 Å². The van der Waals surface area contributed by atoms with Crippen molar-refractivity contribution in [1.82, 2.24) is 21.1 Å². The molecule has 0 atom stereocenters. The van der Waals surface area contributed by atoms with Gasteiger partial charge in [-0.05, 0) is 48.7 Å². The van der Waals surface area contributed by atoms with Gasteiger partial charge in [0, 0.05) is 36.9 Å². The highest BCUT2D eigenvalue weighted by molar-refractivity contribution is 7.80. The van der Waals surface area contributed by atoms with Crippen molar-refractivity contribution < 1.29 is 4.74 Å². The fourth-order valence-corrected chi connectivity index (χ4v) is 2.45. The van der Waals surface area contributed by atoms with Crippen LogP contribution in [0.5, 0.6) is 0 Å². The largest absolute Gasteiger partial charge is 0.379 e. The lowest BCUT2D eigenvalue weighted by Gasteiger charge is -2.26. The number of nitrogens with one attached hydrogen (secondary N) is 4. The number of halogens is 1. The molecule has 0 unspecified atom stereocenters. The van der Waals surface area contributed by atoms with E-state index in [9.17, 15) is 0 Å². The Morgan fingerprint density at radius 2 is 1.74 bits per heavy atom. The van der Waals surface area contributed by atoms with E-state index in [-0.39, 0.29) is 0 Å². The molecule has 1 heterocycles. The van der Waals surface area contributed by atoms with Crippen LogP contribution in [0.4, 0.5) is 5.69 Å². The number of hydrazine groups is 1. The molecule has 0 saturated carbocycles. The van der Waals surface area contributed by atoms with Crippen molar-refractivity contribution in [3.05, 3.63) is 29.3 Å². The van der Waals surface area contributed by atoms with Gasteiger partial charge in [-0.1, -0.05) is 11.6 Å². The molecule has 0 aromatic heterocycles. The molecule has 2 rings (SSSR count). The van der Waals surface area contributed by atoms with Crippen LogP contribution in [0.15, 0.2) is 24.3 Å². The molecule has 1 aromatic rings. The summed E-state index contributed by atoms with van der Waals surface area (Å²) in [5.74, 6) is 0. The molecular weight excluding hydrogens is 354 g/mol. The summed E-state index contributed by atoms with van der Waals surface area (Å²) >= 11 is 16.2. The minimum absolute atomic E-state index is 0.421. The first kappa shape index (κ1) is 18.2. The van der Waals surface area contributed by atoms with Crippen LogP contribution < -0.4 is 21.5 Å². The average Bonchev–Trinajstić information content (AvgIpc) is 2.56. The maximum Gasteiger partial charge on any atom is 0.189 e. The first-order valence-electron chi connectivity index (χ1n) is 7.30. The fraction of sp³-hybridized carbons (Fsp3) is 0.429. The van der Waals surface area contributed by atoms with E-state index in [2.05, 4.69) is 26.4 Å². The zero-order chi connectivity index (χ0) is 16.5. The Balaban J connectivity index is 1.58. The summed E-state index contributed by atoms with van der Waals surface area (Å²) in [4.78, 5) is 2.33. The lowest BCUT2D eigenvalue weighted by molar-refractivity contribution is 0.0389. The minimum atomic E-state index is 0.421.